The van der Waals surface area contributed by atoms with Gasteiger partial charge in [-0.05, 0) is 42.5 Å². The van der Waals surface area contributed by atoms with Gasteiger partial charge in [0.15, 0.2) is 0 Å². The molecule has 0 aromatic heterocycles. The molecule has 0 nitrogen and oxygen atoms in total. The second kappa shape index (κ2) is 4.45. The summed E-state index contributed by atoms with van der Waals surface area (Å²) in [5, 5.41) is 0. The van der Waals surface area contributed by atoms with Crippen LogP contribution in [-0.4, -0.2) is 0 Å². The fourth-order valence-electron chi connectivity index (χ4n) is 1.17. The third kappa shape index (κ3) is 2.80. The SMILES string of the molecule is Fc1ccc(Sc2cccc(F)c2)cc1. The van der Waals surface area contributed by atoms with Gasteiger partial charge < -0.3 is 0 Å². The first kappa shape index (κ1) is 10.2. The molecule has 0 saturated carbocycles. The van der Waals surface area contributed by atoms with Crippen LogP contribution in [0.4, 0.5) is 8.78 Å². The Morgan fingerprint density at radius 3 is 2.13 bits per heavy atom. The fourth-order valence-corrected chi connectivity index (χ4v) is 2.03. The van der Waals surface area contributed by atoms with E-state index in [1.807, 2.05) is 6.07 Å². The van der Waals surface area contributed by atoms with Gasteiger partial charge in [-0.2, -0.15) is 0 Å². The zero-order valence-electron chi connectivity index (χ0n) is 7.78. The quantitative estimate of drug-likeness (QED) is 0.736. The van der Waals surface area contributed by atoms with Crippen molar-refractivity contribution in [2.45, 2.75) is 9.79 Å². The number of hydrogen-bond acceptors (Lipinski definition) is 1. The zero-order valence-corrected chi connectivity index (χ0v) is 8.60. The van der Waals surface area contributed by atoms with E-state index in [2.05, 4.69) is 0 Å². The molecular weight excluding hydrogens is 214 g/mol. The third-order valence-corrected chi connectivity index (χ3v) is 2.84. The van der Waals surface area contributed by atoms with Gasteiger partial charge >= 0.3 is 0 Å². The molecule has 0 aliphatic heterocycles. The van der Waals surface area contributed by atoms with E-state index in [0.717, 1.165) is 9.79 Å². The summed E-state index contributed by atoms with van der Waals surface area (Å²) in [7, 11) is 0. The average molecular weight is 222 g/mol. The Bertz CT molecular complexity index is 451. The maximum Gasteiger partial charge on any atom is 0.124 e. The molecule has 0 fully saturated rings. The molecule has 0 radical (unpaired) electrons. The number of halogens is 2. The fraction of sp³-hybridized carbons (Fsp3) is 0. The van der Waals surface area contributed by atoms with E-state index in [9.17, 15) is 8.78 Å². The van der Waals surface area contributed by atoms with Crippen molar-refractivity contribution in [1.29, 1.82) is 0 Å². The molecule has 2 aromatic rings. The monoisotopic (exact) mass is 222 g/mol. The van der Waals surface area contributed by atoms with Crippen molar-refractivity contribution in [2.75, 3.05) is 0 Å². The lowest BCUT2D eigenvalue weighted by Crippen LogP contribution is -1.77. The van der Waals surface area contributed by atoms with Crippen molar-refractivity contribution in [3.8, 4) is 0 Å². The minimum absolute atomic E-state index is 0.262. The molecule has 0 amide bonds. The first-order valence-electron chi connectivity index (χ1n) is 4.43. The Morgan fingerprint density at radius 1 is 0.733 bits per heavy atom. The summed E-state index contributed by atoms with van der Waals surface area (Å²) in [5.41, 5.74) is 0. The topological polar surface area (TPSA) is 0 Å². The van der Waals surface area contributed by atoms with Crippen LogP contribution in [0.25, 0.3) is 0 Å². The summed E-state index contributed by atoms with van der Waals surface area (Å²) < 4.78 is 25.5. The number of rotatable bonds is 2. The second-order valence-electron chi connectivity index (χ2n) is 3.01. The van der Waals surface area contributed by atoms with Crippen LogP contribution in [0, 0.1) is 11.6 Å². The molecule has 0 atom stereocenters. The van der Waals surface area contributed by atoms with E-state index in [0.29, 0.717) is 0 Å². The molecule has 0 spiro atoms. The highest BCUT2D eigenvalue weighted by molar-refractivity contribution is 7.99. The van der Waals surface area contributed by atoms with Crippen LogP contribution < -0.4 is 0 Å². The van der Waals surface area contributed by atoms with E-state index in [1.54, 1.807) is 18.2 Å². The van der Waals surface area contributed by atoms with Crippen LogP contribution in [0.5, 0.6) is 0 Å². The van der Waals surface area contributed by atoms with Gasteiger partial charge in [-0.3, -0.25) is 0 Å². The molecule has 2 rings (SSSR count). The van der Waals surface area contributed by atoms with E-state index in [-0.39, 0.29) is 11.6 Å². The molecule has 3 heteroatoms. The molecule has 0 aliphatic rings. The minimum Gasteiger partial charge on any atom is -0.207 e. The molecule has 0 N–H and O–H groups in total. The lowest BCUT2D eigenvalue weighted by Gasteiger charge is -2.01. The van der Waals surface area contributed by atoms with E-state index < -0.39 is 0 Å². The summed E-state index contributed by atoms with van der Waals surface area (Å²) in [6.07, 6.45) is 0. The van der Waals surface area contributed by atoms with E-state index >= 15 is 0 Å². The molecule has 0 unspecified atom stereocenters. The van der Waals surface area contributed by atoms with Crippen LogP contribution >= 0.6 is 11.8 Å². The van der Waals surface area contributed by atoms with Crippen molar-refractivity contribution < 1.29 is 8.78 Å². The molecule has 0 heterocycles. The zero-order chi connectivity index (χ0) is 10.7. The Morgan fingerprint density at radius 2 is 1.47 bits per heavy atom. The van der Waals surface area contributed by atoms with Crippen molar-refractivity contribution in [1.82, 2.24) is 0 Å². The Hall–Kier alpha value is -1.35. The van der Waals surface area contributed by atoms with Gasteiger partial charge in [0.05, 0.1) is 0 Å². The predicted molar refractivity (Wildman–Crippen MR) is 56.9 cm³/mol. The van der Waals surface area contributed by atoms with E-state index in [4.69, 9.17) is 0 Å². The Labute approximate surface area is 90.9 Å². The third-order valence-electron chi connectivity index (χ3n) is 1.85. The summed E-state index contributed by atoms with van der Waals surface area (Å²) >= 11 is 1.40. The van der Waals surface area contributed by atoms with Gasteiger partial charge in [-0.1, -0.05) is 17.8 Å². The van der Waals surface area contributed by atoms with Crippen LogP contribution in [0.3, 0.4) is 0 Å². The lowest BCUT2D eigenvalue weighted by atomic mass is 10.3. The molecule has 2 aromatic carbocycles. The largest absolute Gasteiger partial charge is 0.207 e. The van der Waals surface area contributed by atoms with Crippen LogP contribution in [0.2, 0.25) is 0 Å². The minimum atomic E-state index is -0.265. The van der Waals surface area contributed by atoms with Crippen molar-refractivity contribution in [2.24, 2.45) is 0 Å². The number of hydrogen-bond donors (Lipinski definition) is 0. The highest BCUT2D eigenvalue weighted by atomic mass is 32.2. The maximum atomic E-state index is 12.9. The molecule has 76 valence electrons. The van der Waals surface area contributed by atoms with Gasteiger partial charge in [0.25, 0.3) is 0 Å². The summed E-state index contributed by atoms with van der Waals surface area (Å²) in [6, 6.07) is 12.4. The molecular formula is C12H8F2S. The molecule has 0 bridgehead atoms. The van der Waals surface area contributed by atoms with Crippen LogP contribution in [-0.2, 0) is 0 Å². The predicted octanol–water partition coefficient (Wildman–Crippen LogP) is 4.12. The van der Waals surface area contributed by atoms with Crippen molar-refractivity contribution in [3.05, 3.63) is 60.2 Å². The average Bonchev–Trinajstić information content (AvgIpc) is 2.22. The lowest BCUT2D eigenvalue weighted by molar-refractivity contribution is 0.624. The first-order valence-corrected chi connectivity index (χ1v) is 5.25. The van der Waals surface area contributed by atoms with Gasteiger partial charge in [0.2, 0.25) is 0 Å². The van der Waals surface area contributed by atoms with Crippen LogP contribution in [0.15, 0.2) is 58.3 Å². The summed E-state index contributed by atoms with van der Waals surface area (Å²) in [4.78, 5) is 1.70. The summed E-state index contributed by atoms with van der Waals surface area (Å²) in [5.74, 6) is -0.527. The van der Waals surface area contributed by atoms with E-state index in [1.165, 1.54) is 36.0 Å². The summed E-state index contributed by atoms with van der Waals surface area (Å²) in [6.45, 7) is 0. The Kier molecular flexibility index (Phi) is 3.02. The smallest absolute Gasteiger partial charge is 0.124 e. The van der Waals surface area contributed by atoms with Crippen molar-refractivity contribution >= 4 is 11.8 Å². The molecule has 0 saturated heterocycles. The molecule has 0 aliphatic carbocycles. The van der Waals surface area contributed by atoms with Gasteiger partial charge in [-0.15, -0.1) is 0 Å². The van der Waals surface area contributed by atoms with Crippen LogP contribution in [0.1, 0.15) is 0 Å². The van der Waals surface area contributed by atoms with Gasteiger partial charge in [0.1, 0.15) is 11.6 Å². The maximum absolute atomic E-state index is 12.9. The number of benzene rings is 2. The highest BCUT2D eigenvalue weighted by Gasteiger charge is 1.98. The standard InChI is InChI=1S/C12H8F2S/c13-9-4-6-11(7-5-9)15-12-3-1-2-10(14)8-12/h1-8H. The van der Waals surface area contributed by atoms with Gasteiger partial charge in [-0.25, -0.2) is 8.78 Å². The first-order chi connectivity index (χ1) is 7.24. The van der Waals surface area contributed by atoms with Gasteiger partial charge in [0, 0.05) is 9.79 Å². The molecule has 15 heavy (non-hydrogen) atoms. The van der Waals surface area contributed by atoms with Crippen molar-refractivity contribution in [3.63, 3.8) is 0 Å². The Balaban J connectivity index is 2.18. The normalized spacial score (nSPS) is 10.3. The highest BCUT2D eigenvalue weighted by Crippen LogP contribution is 2.27. The second-order valence-corrected chi connectivity index (χ2v) is 4.16.